The fraction of sp³-hybridized carbons (Fsp3) is 0.103. The van der Waals surface area contributed by atoms with Crippen LogP contribution in [0.15, 0.2) is 65.5 Å². The number of carbonyl (C=O) groups excluding carboxylic acids is 2. The molecule has 6 aromatic rings. The van der Waals surface area contributed by atoms with Crippen LogP contribution in [0.4, 0.5) is 5.69 Å². The Hall–Kier alpha value is -4.58. The van der Waals surface area contributed by atoms with E-state index >= 15 is 0 Å². The molecule has 168 valence electrons. The summed E-state index contributed by atoms with van der Waals surface area (Å²) in [6.07, 6.45) is 0. The number of aryl methyl sites for hydroxylation is 2. The third-order valence-corrected chi connectivity index (χ3v) is 7.33. The molecule has 0 saturated carbocycles. The van der Waals surface area contributed by atoms with E-state index in [9.17, 15) is 14.4 Å². The number of aromatic nitrogens is 2. The minimum atomic E-state index is -0.387. The van der Waals surface area contributed by atoms with Crippen LogP contribution in [0.5, 0.6) is 0 Å². The van der Waals surface area contributed by atoms with Gasteiger partial charge in [0.1, 0.15) is 5.65 Å². The molecule has 1 aliphatic heterocycles. The Balaban J connectivity index is 1.60. The second-order valence-corrected chi connectivity index (χ2v) is 9.30. The van der Waals surface area contributed by atoms with Crippen LogP contribution < -0.4 is 10.5 Å². The number of carbonyl (C=O) groups is 2. The average molecular weight is 457 g/mol. The first kappa shape index (κ1) is 19.9. The van der Waals surface area contributed by atoms with Crippen LogP contribution in [0, 0.1) is 20.8 Å². The number of rotatable bonds is 1. The SMILES string of the molecule is Cc1ccc2c(c1)nc1c3ccc4c5c(ccc(c(=O)n21)c53)C(=O)N(c1cccc(C)c1C)C4=O. The quantitative estimate of drug-likeness (QED) is 0.314. The molecular weight excluding hydrogens is 438 g/mol. The van der Waals surface area contributed by atoms with E-state index < -0.39 is 0 Å². The number of imide groups is 1. The lowest BCUT2D eigenvalue weighted by atomic mass is 9.89. The molecule has 0 spiro atoms. The largest absolute Gasteiger partial charge is 0.268 e. The van der Waals surface area contributed by atoms with Crippen molar-refractivity contribution in [3.63, 3.8) is 0 Å². The Morgan fingerprint density at radius 1 is 0.743 bits per heavy atom. The highest BCUT2D eigenvalue weighted by atomic mass is 16.2. The molecule has 3 heterocycles. The first-order valence-electron chi connectivity index (χ1n) is 11.5. The van der Waals surface area contributed by atoms with Gasteiger partial charge >= 0.3 is 0 Å². The average Bonchev–Trinajstić information content (AvgIpc) is 3.22. The summed E-state index contributed by atoms with van der Waals surface area (Å²) in [6, 6.07) is 18.4. The molecule has 0 unspecified atom stereocenters. The zero-order valence-corrected chi connectivity index (χ0v) is 19.3. The van der Waals surface area contributed by atoms with Crippen molar-refractivity contribution in [2.24, 2.45) is 0 Å². The Bertz CT molecular complexity index is 1980. The third-order valence-electron chi connectivity index (χ3n) is 7.33. The highest BCUT2D eigenvalue weighted by Gasteiger charge is 2.36. The van der Waals surface area contributed by atoms with Crippen molar-refractivity contribution in [2.45, 2.75) is 20.8 Å². The zero-order valence-electron chi connectivity index (χ0n) is 19.3. The van der Waals surface area contributed by atoms with Crippen molar-refractivity contribution < 1.29 is 9.59 Å². The molecule has 1 aliphatic rings. The van der Waals surface area contributed by atoms with E-state index in [0.717, 1.165) is 33.1 Å². The normalized spacial score (nSPS) is 13.7. The molecule has 4 aromatic carbocycles. The Morgan fingerprint density at radius 2 is 1.46 bits per heavy atom. The molecule has 0 bridgehead atoms. The van der Waals surface area contributed by atoms with E-state index in [0.29, 0.717) is 38.6 Å². The fourth-order valence-electron chi connectivity index (χ4n) is 5.44. The van der Waals surface area contributed by atoms with Gasteiger partial charge in [0.25, 0.3) is 17.4 Å². The van der Waals surface area contributed by atoms with Gasteiger partial charge in [0.2, 0.25) is 0 Å². The van der Waals surface area contributed by atoms with Gasteiger partial charge in [-0.05, 0) is 79.9 Å². The van der Waals surface area contributed by atoms with E-state index in [1.807, 2.05) is 57.2 Å². The summed E-state index contributed by atoms with van der Waals surface area (Å²) in [5.74, 6) is -0.774. The first-order valence-corrected chi connectivity index (χ1v) is 11.5. The molecule has 0 fully saturated rings. The number of hydrogen-bond donors (Lipinski definition) is 0. The summed E-state index contributed by atoms with van der Waals surface area (Å²) in [7, 11) is 0. The molecule has 2 amide bonds. The van der Waals surface area contributed by atoms with Crippen molar-refractivity contribution in [1.29, 1.82) is 0 Å². The molecule has 0 N–H and O–H groups in total. The maximum Gasteiger partial charge on any atom is 0.265 e. The summed E-state index contributed by atoms with van der Waals surface area (Å²) >= 11 is 0. The smallest absolute Gasteiger partial charge is 0.265 e. The minimum Gasteiger partial charge on any atom is -0.268 e. The van der Waals surface area contributed by atoms with Crippen molar-refractivity contribution >= 4 is 55.7 Å². The van der Waals surface area contributed by atoms with Crippen LogP contribution in [0.1, 0.15) is 37.4 Å². The zero-order chi connectivity index (χ0) is 24.2. The monoisotopic (exact) mass is 457 g/mol. The van der Waals surface area contributed by atoms with Gasteiger partial charge in [-0.15, -0.1) is 0 Å². The highest BCUT2D eigenvalue weighted by Crippen LogP contribution is 2.39. The predicted molar refractivity (Wildman–Crippen MR) is 137 cm³/mol. The summed E-state index contributed by atoms with van der Waals surface area (Å²) in [4.78, 5) is 47.1. The third kappa shape index (κ3) is 2.38. The van der Waals surface area contributed by atoms with Gasteiger partial charge in [0, 0.05) is 32.7 Å². The molecule has 0 atom stereocenters. The van der Waals surface area contributed by atoms with E-state index in [1.165, 1.54) is 4.90 Å². The van der Waals surface area contributed by atoms with Gasteiger partial charge in [-0.25, -0.2) is 9.88 Å². The van der Waals surface area contributed by atoms with Gasteiger partial charge in [0.15, 0.2) is 0 Å². The van der Waals surface area contributed by atoms with E-state index in [4.69, 9.17) is 4.98 Å². The van der Waals surface area contributed by atoms with Gasteiger partial charge < -0.3 is 0 Å². The maximum absolute atomic E-state index is 13.7. The van der Waals surface area contributed by atoms with Crippen molar-refractivity contribution in [1.82, 2.24) is 9.38 Å². The molecule has 6 nitrogen and oxygen atoms in total. The van der Waals surface area contributed by atoms with Gasteiger partial charge in [0.05, 0.1) is 16.7 Å². The molecule has 2 aromatic heterocycles. The molecular formula is C29H19N3O3. The summed E-state index contributed by atoms with van der Waals surface area (Å²) in [5, 5.41) is 2.36. The van der Waals surface area contributed by atoms with Crippen molar-refractivity contribution in [2.75, 3.05) is 4.90 Å². The van der Waals surface area contributed by atoms with Crippen LogP contribution in [0.2, 0.25) is 0 Å². The number of imidazole rings is 1. The number of fused-ring (bicyclic) bond motifs is 4. The molecule has 7 rings (SSSR count). The van der Waals surface area contributed by atoms with Gasteiger partial charge in [-0.1, -0.05) is 18.2 Å². The maximum atomic E-state index is 13.7. The van der Waals surface area contributed by atoms with E-state index in [-0.39, 0.29) is 17.4 Å². The number of anilines is 1. The van der Waals surface area contributed by atoms with Gasteiger partial charge in [-0.2, -0.15) is 0 Å². The van der Waals surface area contributed by atoms with Crippen LogP contribution in [0.25, 0.3) is 38.2 Å². The van der Waals surface area contributed by atoms with E-state index in [2.05, 4.69) is 0 Å². The summed E-state index contributed by atoms with van der Waals surface area (Å²) < 4.78 is 1.63. The van der Waals surface area contributed by atoms with E-state index in [1.54, 1.807) is 28.7 Å². The number of benzene rings is 4. The van der Waals surface area contributed by atoms with Crippen molar-refractivity contribution in [3.05, 3.63) is 98.8 Å². The van der Waals surface area contributed by atoms with Crippen LogP contribution in [0.3, 0.4) is 0 Å². The lowest BCUT2D eigenvalue weighted by Gasteiger charge is -2.29. The highest BCUT2D eigenvalue weighted by molar-refractivity contribution is 6.39. The Labute approximate surface area is 199 Å². The first-order chi connectivity index (χ1) is 16.9. The Kier molecular flexibility index (Phi) is 3.69. The standard InChI is InChI=1S/C29H19N3O3/c1-14-7-12-23-21(13-14)30-26-17-8-9-19-25-20(11-10-18(24(17)25)27(33)31(23)26)29(35)32(28(19)34)22-6-4-5-15(2)16(22)3/h4-13H,1-3H3. The lowest BCUT2D eigenvalue weighted by Crippen LogP contribution is -2.41. The topological polar surface area (TPSA) is 71.8 Å². The minimum absolute atomic E-state index is 0.209. The van der Waals surface area contributed by atoms with Crippen LogP contribution in [-0.4, -0.2) is 21.2 Å². The van der Waals surface area contributed by atoms with Crippen LogP contribution in [-0.2, 0) is 0 Å². The number of hydrogen-bond acceptors (Lipinski definition) is 4. The summed E-state index contributed by atoms with van der Waals surface area (Å²) in [6.45, 7) is 5.85. The van der Waals surface area contributed by atoms with Gasteiger partial charge in [-0.3, -0.25) is 18.8 Å². The number of amides is 2. The predicted octanol–water partition coefficient (Wildman–Crippen LogP) is 5.32. The van der Waals surface area contributed by atoms with Crippen molar-refractivity contribution in [3.8, 4) is 0 Å². The molecule has 0 saturated heterocycles. The molecule has 6 heteroatoms. The second-order valence-electron chi connectivity index (χ2n) is 9.30. The molecule has 0 aliphatic carbocycles. The summed E-state index contributed by atoms with van der Waals surface area (Å²) in [5.41, 5.74) is 6.12. The second kappa shape index (κ2) is 6.51. The Morgan fingerprint density at radius 3 is 2.20 bits per heavy atom. The lowest BCUT2D eigenvalue weighted by molar-refractivity contribution is 0.0893. The number of pyridine rings is 1. The van der Waals surface area contributed by atoms with Crippen LogP contribution >= 0.6 is 0 Å². The fourth-order valence-corrected chi connectivity index (χ4v) is 5.44. The number of nitrogens with zero attached hydrogens (tertiary/aromatic N) is 3. The molecule has 0 radical (unpaired) electrons. The molecule has 35 heavy (non-hydrogen) atoms.